The second-order valence-electron chi connectivity index (χ2n) is 5.95. The van der Waals surface area contributed by atoms with E-state index in [0.29, 0.717) is 11.3 Å². The molecule has 0 heterocycles. The number of hydrogen-bond donors (Lipinski definition) is 0. The number of esters is 1. The molecule has 0 N–H and O–H groups in total. The lowest BCUT2D eigenvalue weighted by atomic mass is 10.0. The number of carbonyl (C=O) groups is 2. The molecule has 0 aliphatic heterocycles. The highest BCUT2D eigenvalue weighted by Gasteiger charge is 2.09. The van der Waals surface area contributed by atoms with Crippen LogP contribution in [0.3, 0.4) is 0 Å². The molecular weight excluding hydrogens is 370 g/mol. The Bertz CT molecular complexity index is 850. The van der Waals surface area contributed by atoms with E-state index in [1.165, 1.54) is 37.5 Å². The van der Waals surface area contributed by atoms with E-state index in [9.17, 15) is 18.4 Å². The number of carbonyl (C=O) groups excluding carboxylic acids is 2. The number of halogens is 2. The molecule has 5 nitrogen and oxygen atoms in total. The summed E-state index contributed by atoms with van der Waals surface area (Å²) >= 11 is 0. The van der Waals surface area contributed by atoms with Crippen LogP contribution in [0, 0.1) is 13.8 Å². The highest BCUT2D eigenvalue weighted by atomic mass is 19.3. The molecule has 0 amide bonds. The molecule has 0 atom stereocenters. The zero-order valence-corrected chi connectivity index (χ0v) is 15.7. The minimum atomic E-state index is -2.91. The monoisotopic (exact) mass is 390 g/mol. The summed E-state index contributed by atoms with van der Waals surface area (Å²) in [5, 5.41) is 0. The van der Waals surface area contributed by atoms with Gasteiger partial charge in [-0.2, -0.15) is 8.78 Å². The average molecular weight is 390 g/mol. The summed E-state index contributed by atoms with van der Waals surface area (Å²) in [7, 11) is 1.29. The molecule has 148 valence electrons. The quantitative estimate of drug-likeness (QED) is 0.381. The molecule has 2 aromatic carbocycles. The molecule has 0 saturated carbocycles. The predicted octanol–water partition coefficient (Wildman–Crippen LogP) is 4.35. The van der Waals surface area contributed by atoms with Gasteiger partial charge in [0.2, 0.25) is 0 Å². The summed E-state index contributed by atoms with van der Waals surface area (Å²) in [6, 6.07) is 9.12. The van der Waals surface area contributed by atoms with Crippen molar-refractivity contribution in [1.82, 2.24) is 0 Å². The van der Waals surface area contributed by atoms with E-state index in [1.807, 2.05) is 26.0 Å². The Morgan fingerprint density at radius 2 is 1.68 bits per heavy atom. The highest BCUT2D eigenvalue weighted by molar-refractivity contribution is 6.06. The Morgan fingerprint density at radius 3 is 2.21 bits per heavy atom. The third-order valence-electron chi connectivity index (χ3n) is 3.84. The normalized spacial score (nSPS) is 10.9. The first kappa shape index (κ1) is 21.1. The van der Waals surface area contributed by atoms with E-state index >= 15 is 0 Å². The van der Waals surface area contributed by atoms with E-state index < -0.39 is 12.6 Å². The Kier molecular flexibility index (Phi) is 7.26. The number of hydrogen-bond acceptors (Lipinski definition) is 5. The largest absolute Gasteiger partial charge is 0.481 e. The van der Waals surface area contributed by atoms with Gasteiger partial charge < -0.3 is 14.2 Å². The van der Waals surface area contributed by atoms with Crippen molar-refractivity contribution in [3.8, 4) is 11.5 Å². The number of aryl methyl sites for hydroxylation is 2. The Balaban J connectivity index is 2.08. The molecule has 0 spiro atoms. The fourth-order valence-electron chi connectivity index (χ4n) is 2.57. The van der Waals surface area contributed by atoms with Crippen molar-refractivity contribution >= 4 is 17.8 Å². The van der Waals surface area contributed by atoms with Gasteiger partial charge in [-0.05, 0) is 73.0 Å². The lowest BCUT2D eigenvalue weighted by molar-refractivity contribution is -0.142. The van der Waals surface area contributed by atoms with Crippen LogP contribution < -0.4 is 9.47 Å². The number of alkyl halides is 2. The summed E-state index contributed by atoms with van der Waals surface area (Å²) in [6.07, 6.45) is 3.04. The Hall–Kier alpha value is -3.22. The van der Waals surface area contributed by atoms with Gasteiger partial charge in [-0.1, -0.05) is 6.08 Å². The summed E-state index contributed by atoms with van der Waals surface area (Å²) in [6.45, 7) is 0.575. The van der Waals surface area contributed by atoms with Crippen LogP contribution >= 0.6 is 0 Å². The molecule has 0 saturated heterocycles. The minimum Gasteiger partial charge on any atom is -0.481 e. The lowest BCUT2D eigenvalue weighted by Gasteiger charge is -2.12. The van der Waals surface area contributed by atoms with Gasteiger partial charge in [-0.25, -0.2) is 4.79 Å². The number of ketones is 1. The Morgan fingerprint density at radius 1 is 1.07 bits per heavy atom. The van der Waals surface area contributed by atoms with Crippen molar-refractivity contribution in [2.24, 2.45) is 0 Å². The van der Waals surface area contributed by atoms with Crippen LogP contribution in [0.4, 0.5) is 8.78 Å². The molecule has 0 aromatic heterocycles. The van der Waals surface area contributed by atoms with E-state index in [-0.39, 0.29) is 18.1 Å². The van der Waals surface area contributed by atoms with Crippen molar-refractivity contribution in [1.29, 1.82) is 0 Å². The van der Waals surface area contributed by atoms with Crippen LogP contribution in [0.15, 0.2) is 42.5 Å². The van der Waals surface area contributed by atoms with E-state index in [2.05, 4.69) is 9.47 Å². The van der Waals surface area contributed by atoms with Crippen molar-refractivity contribution in [3.63, 3.8) is 0 Å². The van der Waals surface area contributed by atoms with Gasteiger partial charge in [0.15, 0.2) is 12.4 Å². The van der Waals surface area contributed by atoms with Gasteiger partial charge in [-0.3, -0.25) is 4.79 Å². The van der Waals surface area contributed by atoms with Crippen LogP contribution in [0.1, 0.15) is 27.0 Å². The summed E-state index contributed by atoms with van der Waals surface area (Å²) in [5.41, 5.74) is 2.75. The maximum absolute atomic E-state index is 12.2. The van der Waals surface area contributed by atoms with Crippen LogP contribution in [0.5, 0.6) is 11.5 Å². The zero-order valence-electron chi connectivity index (χ0n) is 15.7. The van der Waals surface area contributed by atoms with E-state index in [1.54, 1.807) is 6.08 Å². The molecule has 28 heavy (non-hydrogen) atoms. The maximum Gasteiger partial charge on any atom is 0.387 e. The summed E-state index contributed by atoms with van der Waals surface area (Å²) in [4.78, 5) is 23.5. The first-order valence-electron chi connectivity index (χ1n) is 8.38. The number of benzene rings is 2. The molecule has 0 fully saturated rings. The molecule has 0 bridgehead atoms. The molecular formula is C21H20F2O5. The Labute approximate surface area is 161 Å². The van der Waals surface area contributed by atoms with Gasteiger partial charge in [0.25, 0.3) is 0 Å². The number of ether oxygens (including phenoxy) is 3. The number of allylic oxidation sites excluding steroid dienone is 1. The maximum atomic E-state index is 12.2. The smallest absolute Gasteiger partial charge is 0.387 e. The van der Waals surface area contributed by atoms with Crippen molar-refractivity contribution < 1.29 is 32.6 Å². The molecule has 0 radical (unpaired) electrons. The third kappa shape index (κ3) is 5.90. The van der Waals surface area contributed by atoms with E-state index in [4.69, 9.17) is 4.74 Å². The van der Waals surface area contributed by atoms with Gasteiger partial charge in [0, 0.05) is 5.56 Å². The minimum absolute atomic E-state index is 0.00989. The van der Waals surface area contributed by atoms with Crippen LogP contribution in [0.2, 0.25) is 0 Å². The van der Waals surface area contributed by atoms with Gasteiger partial charge in [0.05, 0.1) is 7.11 Å². The second-order valence-corrected chi connectivity index (χ2v) is 5.95. The van der Waals surface area contributed by atoms with Crippen LogP contribution in [0.25, 0.3) is 6.08 Å². The van der Waals surface area contributed by atoms with Crippen molar-refractivity contribution in [2.45, 2.75) is 20.5 Å². The topological polar surface area (TPSA) is 61.8 Å². The highest BCUT2D eigenvalue weighted by Crippen LogP contribution is 2.25. The van der Waals surface area contributed by atoms with Gasteiger partial charge in [-0.15, -0.1) is 0 Å². The molecule has 7 heteroatoms. The fourth-order valence-corrected chi connectivity index (χ4v) is 2.57. The van der Waals surface area contributed by atoms with E-state index in [0.717, 1.165) is 16.7 Å². The third-order valence-corrected chi connectivity index (χ3v) is 3.84. The van der Waals surface area contributed by atoms with Gasteiger partial charge in [0.1, 0.15) is 11.5 Å². The first-order valence-corrected chi connectivity index (χ1v) is 8.38. The first-order chi connectivity index (χ1) is 13.3. The predicted molar refractivity (Wildman–Crippen MR) is 99.9 cm³/mol. The molecule has 2 aromatic rings. The van der Waals surface area contributed by atoms with Crippen molar-refractivity contribution in [3.05, 3.63) is 64.7 Å². The van der Waals surface area contributed by atoms with Crippen LogP contribution in [-0.2, 0) is 9.53 Å². The molecule has 0 aliphatic rings. The SMILES string of the molecule is COC(=O)COc1c(C)cc(/C=C/C(=O)c2ccc(OC(F)F)cc2)cc1C. The summed E-state index contributed by atoms with van der Waals surface area (Å²) < 4.78 is 38.6. The molecule has 0 unspecified atom stereocenters. The second kappa shape index (κ2) is 9.64. The zero-order chi connectivity index (χ0) is 20.7. The average Bonchev–Trinajstić information content (AvgIpc) is 2.65. The number of methoxy groups -OCH3 is 1. The van der Waals surface area contributed by atoms with Crippen molar-refractivity contribution in [2.75, 3.05) is 13.7 Å². The van der Waals surface area contributed by atoms with Crippen LogP contribution in [-0.4, -0.2) is 32.1 Å². The van der Waals surface area contributed by atoms with Gasteiger partial charge >= 0.3 is 12.6 Å². The number of rotatable bonds is 8. The molecule has 0 aliphatic carbocycles. The standard InChI is InChI=1S/C21H20F2O5/c1-13-10-15(11-14(2)20(13)27-12-19(25)26-3)4-9-18(24)16-5-7-17(8-6-16)28-21(22)23/h4-11,21H,12H2,1-3H3/b9-4+. The fraction of sp³-hybridized carbons (Fsp3) is 0.238. The lowest BCUT2D eigenvalue weighted by Crippen LogP contribution is -2.13. The summed E-state index contributed by atoms with van der Waals surface area (Å²) in [5.74, 6) is -0.170. The molecule has 2 rings (SSSR count).